The van der Waals surface area contributed by atoms with Crippen molar-refractivity contribution in [3.63, 3.8) is 0 Å². The smallest absolute Gasteiger partial charge is 0.227 e. The Bertz CT molecular complexity index is 596. The number of amides is 1. The molecule has 3 rings (SSSR count). The molecular formula is C14H18N4O2S. The van der Waals surface area contributed by atoms with Crippen LogP contribution in [-0.4, -0.2) is 46.6 Å². The first-order chi connectivity index (χ1) is 10.2. The molecule has 112 valence electrons. The van der Waals surface area contributed by atoms with E-state index in [1.165, 1.54) is 0 Å². The molecule has 0 aliphatic carbocycles. The molecule has 2 aromatic rings. The molecule has 7 heteroatoms. The van der Waals surface area contributed by atoms with Crippen molar-refractivity contribution in [2.24, 2.45) is 0 Å². The van der Waals surface area contributed by atoms with Gasteiger partial charge in [-0.3, -0.25) is 4.79 Å². The molecule has 6 nitrogen and oxygen atoms in total. The molecule has 2 aromatic heterocycles. The Labute approximate surface area is 127 Å². The number of carbonyl (C=O) groups excluding carboxylic acids is 1. The first-order valence-corrected chi connectivity index (χ1v) is 7.98. The molecule has 1 aliphatic rings. The van der Waals surface area contributed by atoms with Crippen LogP contribution in [0.3, 0.4) is 0 Å². The summed E-state index contributed by atoms with van der Waals surface area (Å²) in [6.07, 6.45) is 0.907. The molecule has 1 aliphatic heterocycles. The van der Waals surface area contributed by atoms with Crippen molar-refractivity contribution in [2.75, 3.05) is 19.6 Å². The average Bonchev–Trinajstić information content (AvgIpc) is 3.16. The molecule has 0 radical (unpaired) electrons. The number of carbonyl (C=O) groups is 1. The van der Waals surface area contributed by atoms with Crippen molar-refractivity contribution in [2.45, 2.75) is 25.8 Å². The molecule has 0 bridgehead atoms. The van der Waals surface area contributed by atoms with Gasteiger partial charge in [-0.25, -0.2) is 0 Å². The summed E-state index contributed by atoms with van der Waals surface area (Å²) in [6, 6.07) is 4.15. The molecule has 21 heavy (non-hydrogen) atoms. The van der Waals surface area contributed by atoms with Gasteiger partial charge in [-0.15, -0.1) is 11.3 Å². The summed E-state index contributed by atoms with van der Waals surface area (Å²) >= 11 is 1.57. The predicted molar refractivity (Wildman–Crippen MR) is 80.0 cm³/mol. The predicted octanol–water partition coefficient (Wildman–Crippen LogP) is 1.55. The third kappa shape index (κ3) is 3.30. The summed E-state index contributed by atoms with van der Waals surface area (Å²) in [4.78, 5) is 19.5. The van der Waals surface area contributed by atoms with Crippen molar-refractivity contribution in [1.82, 2.24) is 20.4 Å². The molecular weight excluding hydrogens is 288 g/mol. The topological polar surface area (TPSA) is 71.3 Å². The van der Waals surface area contributed by atoms with Crippen LogP contribution in [0.25, 0.3) is 10.7 Å². The number of nitrogens with one attached hydrogen (secondary N) is 1. The number of piperazine rings is 1. The van der Waals surface area contributed by atoms with Gasteiger partial charge in [-0.1, -0.05) is 11.2 Å². The SMILES string of the molecule is CC1CNCCN1C(=O)CCc1nc(-c2cccs2)no1. The largest absolute Gasteiger partial charge is 0.339 e. The number of nitrogens with zero attached hydrogens (tertiary/aromatic N) is 3. The summed E-state index contributed by atoms with van der Waals surface area (Å²) in [5.41, 5.74) is 0. The Morgan fingerprint density at radius 1 is 1.62 bits per heavy atom. The van der Waals surface area contributed by atoms with Crippen LogP contribution in [-0.2, 0) is 11.2 Å². The van der Waals surface area contributed by atoms with Gasteiger partial charge >= 0.3 is 0 Å². The normalized spacial score (nSPS) is 18.9. The molecule has 1 atom stereocenters. The van der Waals surface area contributed by atoms with E-state index < -0.39 is 0 Å². The van der Waals surface area contributed by atoms with Crippen LogP contribution in [0.4, 0.5) is 0 Å². The average molecular weight is 306 g/mol. The summed E-state index contributed by atoms with van der Waals surface area (Å²) in [7, 11) is 0. The Kier molecular flexibility index (Phi) is 4.31. The Morgan fingerprint density at radius 3 is 3.29 bits per heavy atom. The van der Waals surface area contributed by atoms with Gasteiger partial charge in [0.25, 0.3) is 0 Å². The Balaban J connectivity index is 1.56. The van der Waals surface area contributed by atoms with E-state index in [1.807, 2.05) is 22.4 Å². The first-order valence-electron chi connectivity index (χ1n) is 7.10. The van der Waals surface area contributed by atoms with Gasteiger partial charge in [0.2, 0.25) is 17.6 Å². The minimum atomic E-state index is 0.153. The number of hydrogen-bond acceptors (Lipinski definition) is 6. The van der Waals surface area contributed by atoms with E-state index in [0.717, 1.165) is 24.5 Å². The van der Waals surface area contributed by atoms with E-state index >= 15 is 0 Å². The fourth-order valence-corrected chi connectivity index (χ4v) is 3.08. The summed E-state index contributed by atoms with van der Waals surface area (Å²) in [5, 5.41) is 9.20. The maximum absolute atomic E-state index is 12.2. The second kappa shape index (κ2) is 6.36. The first kappa shape index (κ1) is 14.2. The van der Waals surface area contributed by atoms with Crippen LogP contribution in [0.2, 0.25) is 0 Å². The van der Waals surface area contributed by atoms with Gasteiger partial charge in [-0.05, 0) is 18.4 Å². The maximum atomic E-state index is 12.2. The molecule has 3 heterocycles. The van der Waals surface area contributed by atoms with Gasteiger partial charge in [0.1, 0.15) is 0 Å². The maximum Gasteiger partial charge on any atom is 0.227 e. The van der Waals surface area contributed by atoms with Crippen LogP contribution >= 0.6 is 11.3 Å². The van der Waals surface area contributed by atoms with Crippen molar-refractivity contribution in [1.29, 1.82) is 0 Å². The van der Waals surface area contributed by atoms with Gasteiger partial charge < -0.3 is 14.7 Å². The highest BCUT2D eigenvalue weighted by molar-refractivity contribution is 7.13. The van der Waals surface area contributed by atoms with Crippen LogP contribution in [0.15, 0.2) is 22.0 Å². The van der Waals surface area contributed by atoms with E-state index in [-0.39, 0.29) is 11.9 Å². The molecule has 1 saturated heterocycles. The number of thiophene rings is 1. The molecule has 1 fully saturated rings. The van der Waals surface area contributed by atoms with Crippen LogP contribution in [0.1, 0.15) is 19.2 Å². The highest BCUT2D eigenvalue weighted by Crippen LogP contribution is 2.21. The summed E-state index contributed by atoms with van der Waals surface area (Å²) < 4.78 is 5.22. The van der Waals surface area contributed by atoms with Gasteiger partial charge in [0, 0.05) is 38.5 Å². The quantitative estimate of drug-likeness (QED) is 0.928. The van der Waals surface area contributed by atoms with E-state index in [0.29, 0.717) is 24.6 Å². The lowest BCUT2D eigenvalue weighted by atomic mass is 10.2. The highest BCUT2D eigenvalue weighted by atomic mass is 32.1. The second-order valence-corrected chi connectivity index (χ2v) is 6.08. The zero-order valence-corrected chi connectivity index (χ0v) is 12.7. The van der Waals surface area contributed by atoms with Gasteiger partial charge in [0.05, 0.1) is 4.88 Å². The molecule has 1 amide bonds. The van der Waals surface area contributed by atoms with Crippen LogP contribution < -0.4 is 5.32 Å². The van der Waals surface area contributed by atoms with E-state index in [2.05, 4.69) is 22.4 Å². The second-order valence-electron chi connectivity index (χ2n) is 5.13. The zero-order chi connectivity index (χ0) is 14.7. The van der Waals surface area contributed by atoms with Crippen molar-refractivity contribution in [3.05, 3.63) is 23.4 Å². The highest BCUT2D eigenvalue weighted by Gasteiger charge is 2.23. The monoisotopic (exact) mass is 306 g/mol. The van der Waals surface area contributed by atoms with Crippen molar-refractivity contribution in [3.8, 4) is 10.7 Å². The fourth-order valence-electron chi connectivity index (χ4n) is 2.43. The molecule has 1 N–H and O–H groups in total. The minimum Gasteiger partial charge on any atom is -0.339 e. The number of hydrogen-bond donors (Lipinski definition) is 1. The van der Waals surface area contributed by atoms with Gasteiger partial charge in [-0.2, -0.15) is 4.98 Å². The zero-order valence-electron chi connectivity index (χ0n) is 11.9. The van der Waals surface area contributed by atoms with Crippen LogP contribution in [0, 0.1) is 0 Å². The van der Waals surface area contributed by atoms with E-state index in [9.17, 15) is 4.79 Å². The standard InChI is InChI=1S/C14H18N4O2S/c1-10-9-15-6-7-18(10)13(19)5-4-12-16-14(17-20-12)11-3-2-8-21-11/h2-3,8,10,15H,4-7,9H2,1H3. The lowest BCUT2D eigenvalue weighted by Gasteiger charge is -2.34. The molecule has 1 unspecified atom stereocenters. The van der Waals surface area contributed by atoms with Crippen molar-refractivity contribution < 1.29 is 9.32 Å². The fraction of sp³-hybridized carbons (Fsp3) is 0.500. The summed E-state index contributed by atoms with van der Waals surface area (Å²) in [5.74, 6) is 1.28. The third-order valence-corrected chi connectivity index (χ3v) is 4.45. The van der Waals surface area contributed by atoms with E-state index in [1.54, 1.807) is 11.3 Å². The van der Waals surface area contributed by atoms with Gasteiger partial charge in [0.15, 0.2) is 0 Å². The lowest BCUT2D eigenvalue weighted by Crippen LogP contribution is -2.52. The molecule has 0 spiro atoms. The van der Waals surface area contributed by atoms with Crippen LogP contribution in [0.5, 0.6) is 0 Å². The number of aryl methyl sites for hydroxylation is 1. The Hall–Kier alpha value is -1.73. The molecule has 0 aromatic carbocycles. The number of rotatable bonds is 4. The molecule has 0 saturated carbocycles. The third-order valence-electron chi connectivity index (χ3n) is 3.58. The number of aromatic nitrogens is 2. The summed E-state index contributed by atoms with van der Waals surface area (Å²) in [6.45, 7) is 4.55. The van der Waals surface area contributed by atoms with E-state index in [4.69, 9.17) is 4.52 Å². The minimum absolute atomic E-state index is 0.153. The Morgan fingerprint density at radius 2 is 2.52 bits per heavy atom. The lowest BCUT2D eigenvalue weighted by molar-refractivity contribution is -0.134. The van der Waals surface area contributed by atoms with Crippen molar-refractivity contribution >= 4 is 17.2 Å².